The van der Waals surface area contributed by atoms with Crippen LogP contribution in [-0.4, -0.2) is 11.8 Å². The number of hydrogen-bond acceptors (Lipinski definition) is 2. The fourth-order valence-corrected chi connectivity index (χ4v) is 1.20. The number of carbonyl (C=O) groups is 1. The Morgan fingerprint density at radius 2 is 1.93 bits per heavy atom. The molecule has 2 nitrogen and oxygen atoms in total. The molecule has 80 valence electrons. The molecule has 1 aromatic carbocycles. The van der Waals surface area contributed by atoms with Gasteiger partial charge in [0, 0.05) is 11.6 Å². The molecule has 0 saturated heterocycles. The van der Waals surface area contributed by atoms with Crippen LogP contribution in [0.1, 0.15) is 16.8 Å². The second-order valence-electron chi connectivity index (χ2n) is 3.15. The molecular formula is C11H11F2NO. The van der Waals surface area contributed by atoms with Crippen LogP contribution in [0.25, 0.3) is 0 Å². The SMILES string of the molecule is C=CCC(N)C(=O)c1cc(F)cc(F)c1. The van der Waals surface area contributed by atoms with Crippen LogP contribution in [-0.2, 0) is 0 Å². The molecule has 15 heavy (non-hydrogen) atoms. The van der Waals surface area contributed by atoms with Crippen LogP contribution in [0, 0.1) is 11.6 Å². The number of carbonyl (C=O) groups excluding carboxylic acids is 1. The fraction of sp³-hybridized carbons (Fsp3) is 0.182. The van der Waals surface area contributed by atoms with Gasteiger partial charge in [-0.05, 0) is 18.6 Å². The van der Waals surface area contributed by atoms with Crippen molar-refractivity contribution in [1.82, 2.24) is 0 Å². The molecule has 0 heterocycles. The number of nitrogens with two attached hydrogens (primary N) is 1. The largest absolute Gasteiger partial charge is 0.321 e. The number of halogens is 2. The summed E-state index contributed by atoms with van der Waals surface area (Å²) < 4.78 is 25.6. The summed E-state index contributed by atoms with van der Waals surface area (Å²) in [6, 6.07) is 1.84. The van der Waals surface area contributed by atoms with Gasteiger partial charge in [-0.3, -0.25) is 4.79 Å². The summed E-state index contributed by atoms with van der Waals surface area (Å²) in [4.78, 5) is 11.5. The van der Waals surface area contributed by atoms with Crippen LogP contribution in [0.3, 0.4) is 0 Å². The summed E-state index contributed by atoms with van der Waals surface area (Å²) >= 11 is 0. The normalized spacial score (nSPS) is 12.2. The third-order valence-corrected chi connectivity index (χ3v) is 1.90. The summed E-state index contributed by atoms with van der Waals surface area (Å²) in [5.41, 5.74) is 5.44. The Bertz CT molecular complexity index is 370. The highest BCUT2D eigenvalue weighted by atomic mass is 19.1. The van der Waals surface area contributed by atoms with E-state index in [9.17, 15) is 13.6 Å². The average molecular weight is 211 g/mol. The summed E-state index contributed by atoms with van der Waals surface area (Å²) in [7, 11) is 0. The van der Waals surface area contributed by atoms with Crippen molar-refractivity contribution >= 4 is 5.78 Å². The molecule has 0 amide bonds. The molecule has 1 aromatic rings. The van der Waals surface area contributed by atoms with Crippen molar-refractivity contribution in [3.8, 4) is 0 Å². The van der Waals surface area contributed by atoms with E-state index >= 15 is 0 Å². The van der Waals surface area contributed by atoms with Gasteiger partial charge in [-0.25, -0.2) is 8.78 Å². The smallest absolute Gasteiger partial charge is 0.180 e. The van der Waals surface area contributed by atoms with Crippen molar-refractivity contribution in [1.29, 1.82) is 0 Å². The minimum atomic E-state index is -0.802. The number of benzene rings is 1. The predicted molar refractivity (Wildman–Crippen MR) is 53.5 cm³/mol. The Balaban J connectivity index is 2.95. The quantitative estimate of drug-likeness (QED) is 0.611. The molecule has 0 fully saturated rings. The van der Waals surface area contributed by atoms with Gasteiger partial charge < -0.3 is 5.73 Å². The fourth-order valence-electron chi connectivity index (χ4n) is 1.20. The van der Waals surface area contributed by atoms with Crippen molar-refractivity contribution in [2.24, 2.45) is 5.73 Å². The van der Waals surface area contributed by atoms with E-state index < -0.39 is 23.5 Å². The summed E-state index contributed by atoms with van der Waals surface area (Å²) in [6.45, 7) is 3.43. The number of Topliss-reactive ketones (excluding diaryl/α,β-unsaturated/α-hetero) is 1. The van der Waals surface area contributed by atoms with Crippen LogP contribution >= 0.6 is 0 Å². The first-order chi connectivity index (χ1) is 7.04. The lowest BCUT2D eigenvalue weighted by molar-refractivity contribution is 0.0961. The van der Waals surface area contributed by atoms with E-state index in [1.807, 2.05) is 0 Å². The Kier molecular flexibility index (Phi) is 3.68. The zero-order valence-corrected chi connectivity index (χ0v) is 8.04. The molecule has 0 aliphatic heterocycles. The van der Waals surface area contributed by atoms with E-state index in [1.165, 1.54) is 6.08 Å². The molecule has 0 aliphatic carbocycles. The van der Waals surface area contributed by atoms with Crippen LogP contribution < -0.4 is 5.73 Å². The third kappa shape index (κ3) is 2.95. The first-order valence-electron chi connectivity index (χ1n) is 4.41. The molecule has 0 spiro atoms. The monoisotopic (exact) mass is 211 g/mol. The first-order valence-corrected chi connectivity index (χ1v) is 4.41. The standard InChI is InChI=1S/C11H11F2NO/c1-2-3-10(14)11(15)7-4-8(12)6-9(13)5-7/h2,4-6,10H,1,3,14H2. The molecule has 1 unspecified atom stereocenters. The van der Waals surface area contributed by atoms with E-state index in [4.69, 9.17) is 5.73 Å². The zero-order chi connectivity index (χ0) is 11.4. The second-order valence-corrected chi connectivity index (χ2v) is 3.15. The highest BCUT2D eigenvalue weighted by Crippen LogP contribution is 2.10. The Morgan fingerprint density at radius 3 is 2.40 bits per heavy atom. The van der Waals surface area contributed by atoms with E-state index in [1.54, 1.807) is 0 Å². The van der Waals surface area contributed by atoms with Gasteiger partial charge in [0.05, 0.1) is 6.04 Å². The van der Waals surface area contributed by atoms with Crippen molar-refractivity contribution in [2.75, 3.05) is 0 Å². The minimum Gasteiger partial charge on any atom is -0.321 e. The van der Waals surface area contributed by atoms with Gasteiger partial charge in [0.15, 0.2) is 5.78 Å². The highest BCUT2D eigenvalue weighted by Gasteiger charge is 2.15. The predicted octanol–water partition coefficient (Wildman–Crippen LogP) is 2.05. The number of ketones is 1. The van der Waals surface area contributed by atoms with Gasteiger partial charge in [0.2, 0.25) is 0 Å². The van der Waals surface area contributed by atoms with E-state index in [2.05, 4.69) is 6.58 Å². The summed E-state index contributed by atoms with van der Waals surface area (Å²) in [5.74, 6) is -2.07. The molecular weight excluding hydrogens is 200 g/mol. The molecule has 0 bridgehead atoms. The Morgan fingerprint density at radius 1 is 1.40 bits per heavy atom. The number of hydrogen-bond donors (Lipinski definition) is 1. The van der Waals surface area contributed by atoms with Crippen LogP contribution in [0.4, 0.5) is 8.78 Å². The zero-order valence-electron chi connectivity index (χ0n) is 8.04. The Hall–Kier alpha value is -1.55. The number of rotatable bonds is 4. The first kappa shape index (κ1) is 11.5. The summed E-state index contributed by atoms with van der Waals surface area (Å²) in [5, 5.41) is 0. The molecule has 1 atom stereocenters. The van der Waals surface area contributed by atoms with Crippen LogP contribution in [0.15, 0.2) is 30.9 Å². The third-order valence-electron chi connectivity index (χ3n) is 1.90. The maximum absolute atomic E-state index is 12.8. The van der Waals surface area contributed by atoms with Crippen LogP contribution in [0.2, 0.25) is 0 Å². The molecule has 0 aliphatic rings. The van der Waals surface area contributed by atoms with Gasteiger partial charge in [-0.2, -0.15) is 0 Å². The molecule has 0 radical (unpaired) electrons. The van der Waals surface area contributed by atoms with Gasteiger partial charge in [-0.15, -0.1) is 6.58 Å². The van der Waals surface area contributed by atoms with Gasteiger partial charge in [0.1, 0.15) is 11.6 Å². The maximum atomic E-state index is 12.8. The maximum Gasteiger partial charge on any atom is 0.180 e. The van der Waals surface area contributed by atoms with Gasteiger partial charge in [-0.1, -0.05) is 6.08 Å². The minimum absolute atomic E-state index is 0.0538. The molecule has 4 heteroatoms. The second kappa shape index (κ2) is 4.79. The molecule has 0 aromatic heterocycles. The molecule has 1 rings (SSSR count). The van der Waals surface area contributed by atoms with Crippen molar-refractivity contribution in [2.45, 2.75) is 12.5 Å². The van der Waals surface area contributed by atoms with E-state index in [0.29, 0.717) is 6.07 Å². The van der Waals surface area contributed by atoms with Crippen molar-refractivity contribution in [3.63, 3.8) is 0 Å². The van der Waals surface area contributed by atoms with E-state index in [-0.39, 0.29) is 12.0 Å². The highest BCUT2D eigenvalue weighted by molar-refractivity contribution is 6.00. The van der Waals surface area contributed by atoms with Gasteiger partial charge in [0.25, 0.3) is 0 Å². The van der Waals surface area contributed by atoms with Crippen molar-refractivity contribution < 1.29 is 13.6 Å². The molecule has 0 saturated carbocycles. The Labute approximate surface area is 86.4 Å². The average Bonchev–Trinajstić information content (AvgIpc) is 2.15. The van der Waals surface area contributed by atoms with E-state index in [0.717, 1.165) is 12.1 Å². The topological polar surface area (TPSA) is 43.1 Å². The van der Waals surface area contributed by atoms with Crippen molar-refractivity contribution in [3.05, 3.63) is 48.1 Å². The lowest BCUT2D eigenvalue weighted by Gasteiger charge is -2.07. The molecule has 2 N–H and O–H groups in total. The van der Waals surface area contributed by atoms with Crippen LogP contribution in [0.5, 0.6) is 0 Å². The summed E-state index contributed by atoms with van der Waals surface area (Å²) in [6.07, 6.45) is 1.76. The lowest BCUT2D eigenvalue weighted by atomic mass is 10.0. The van der Waals surface area contributed by atoms with Gasteiger partial charge >= 0.3 is 0 Å². The lowest BCUT2D eigenvalue weighted by Crippen LogP contribution is -2.29.